The van der Waals surface area contributed by atoms with Gasteiger partial charge in [0, 0.05) is 0 Å². The Kier molecular flexibility index (Phi) is 5.44. The minimum Gasteiger partial charge on any atom is -0.461 e. The maximum atomic E-state index is 11.8. The van der Waals surface area contributed by atoms with E-state index < -0.39 is 0 Å². The van der Waals surface area contributed by atoms with Gasteiger partial charge in [-0.2, -0.15) is 0 Å². The number of ether oxygens (including phenoxy) is 1. The Balaban J connectivity index is 2.60. The summed E-state index contributed by atoms with van der Waals surface area (Å²) in [6.45, 7) is 8.55. The lowest BCUT2D eigenvalue weighted by atomic mass is 9.75. The van der Waals surface area contributed by atoms with Gasteiger partial charge in [0.2, 0.25) is 0 Å². The molecule has 1 saturated carbocycles. The van der Waals surface area contributed by atoms with E-state index in [9.17, 15) is 4.79 Å². The molecule has 4 atom stereocenters. The van der Waals surface area contributed by atoms with Crippen LogP contribution in [-0.2, 0) is 9.53 Å². The highest BCUT2D eigenvalue weighted by Gasteiger charge is 2.33. The highest BCUT2D eigenvalue weighted by molar-refractivity contribution is 5.75. The summed E-state index contributed by atoms with van der Waals surface area (Å²) in [5.41, 5.74) is 0. The highest BCUT2D eigenvalue weighted by Crippen LogP contribution is 2.35. The van der Waals surface area contributed by atoms with Gasteiger partial charge in [-0.05, 0) is 44.6 Å². The molecule has 0 saturated heterocycles. The van der Waals surface area contributed by atoms with Crippen LogP contribution < -0.4 is 5.32 Å². The number of hydrogen-bond donors (Lipinski definition) is 1. The van der Waals surface area contributed by atoms with Crippen molar-refractivity contribution in [1.82, 2.24) is 5.32 Å². The molecule has 1 N–H and O–H groups in total. The van der Waals surface area contributed by atoms with Gasteiger partial charge in [0.15, 0.2) is 0 Å². The largest absolute Gasteiger partial charge is 0.461 e. The van der Waals surface area contributed by atoms with Crippen LogP contribution in [0.5, 0.6) is 0 Å². The third kappa shape index (κ3) is 3.98. The van der Waals surface area contributed by atoms with Crippen LogP contribution >= 0.6 is 0 Å². The summed E-state index contributed by atoms with van der Waals surface area (Å²) >= 11 is 0. The number of carbonyl (C=O) groups excluding carboxylic acids is 1. The second kappa shape index (κ2) is 6.39. The third-order valence-electron chi connectivity index (χ3n) is 4.02. The molecule has 1 fully saturated rings. The van der Waals surface area contributed by atoms with E-state index in [0.717, 1.165) is 6.42 Å². The van der Waals surface area contributed by atoms with Crippen LogP contribution in [-0.4, -0.2) is 25.2 Å². The molecule has 0 spiro atoms. The van der Waals surface area contributed by atoms with E-state index in [1.54, 1.807) is 7.05 Å². The molecule has 4 unspecified atom stereocenters. The zero-order valence-corrected chi connectivity index (χ0v) is 11.8. The van der Waals surface area contributed by atoms with E-state index in [4.69, 9.17) is 4.74 Å². The van der Waals surface area contributed by atoms with Gasteiger partial charge in [0.25, 0.3) is 0 Å². The van der Waals surface area contributed by atoms with Crippen molar-refractivity contribution >= 4 is 5.97 Å². The summed E-state index contributed by atoms with van der Waals surface area (Å²) in [4.78, 5) is 11.8. The van der Waals surface area contributed by atoms with Gasteiger partial charge in [0.05, 0.1) is 0 Å². The Morgan fingerprint density at radius 2 is 1.94 bits per heavy atom. The maximum absolute atomic E-state index is 11.8. The zero-order chi connectivity index (χ0) is 13.0. The Hall–Kier alpha value is -0.570. The molecule has 3 nitrogen and oxygen atoms in total. The number of rotatable bonds is 4. The van der Waals surface area contributed by atoms with Crippen LogP contribution in [0.25, 0.3) is 0 Å². The van der Waals surface area contributed by atoms with Crippen molar-refractivity contribution in [3.8, 4) is 0 Å². The van der Waals surface area contributed by atoms with E-state index in [-0.39, 0.29) is 18.1 Å². The van der Waals surface area contributed by atoms with E-state index in [0.29, 0.717) is 17.8 Å². The third-order valence-corrected chi connectivity index (χ3v) is 4.02. The van der Waals surface area contributed by atoms with Crippen molar-refractivity contribution in [2.45, 2.75) is 59.1 Å². The van der Waals surface area contributed by atoms with Crippen LogP contribution in [0.4, 0.5) is 0 Å². The topological polar surface area (TPSA) is 38.3 Å². The molecule has 0 amide bonds. The van der Waals surface area contributed by atoms with Gasteiger partial charge in [-0.15, -0.1) is 0 Å². The first-order chi connectivity index (χ1) is 7.95. The second-order valence-corrected chi connectivity index (χ2v) is 5.81. The fourth-order valence-corrected chi connectivity index (χ4v) is 2.62. The second-order valence-electron chi connectivity index (χ2n) is 5.81. The van der Waals surface area contributed by atoms with Crippen molar-refractivity contribution in [2.75, 3.05) is 7.05 Å². The van der Waals surface area contributed by atoms with Crippen molar-refractivity contribution in [2.24, 2.45) is 17.8 Å². The quantitative estimate of drug-likeness (QED) is 0.769. The fourth-order valence-electron chi connectivity index (χ4n) is 2.62. The molecular weight excluding hydrogens is 214 g/mol. The number of hydrogen-bond acceptors (Lipinski definition) is 3. The SMILES string of the molecule is CNC(C)C(=O)OC1CC(C)CCC1C(C)C. The highest BCUT2D eigenvalue weighted by atomic mass is 16.5. The van der Waals surface area contributed by atoms with E-state index in [1.807, 2.05) is 6.92 Å². The Bertz CT molecular complexity index is 253. The predicted molar refractivity (Wildman–Crippen MR) is 69.7 cm³/mol. The average molecular weight is 241 g/mol. The van der Waals surface area contributed by atoms with Crippen molar-refractivity contribution in [1.29, 1.82) is 0 Å². The molecule has 100 valence electrons. The molecule has 0 aromatic carbocycles. The summed E-state index contributed by atoms with van der Waals surface area (Å²) < 4.78 is 5.69. The molecule has 3 heteroatoms. The van der Waals surface area contributed by atoms with Crippen LogP contribution in [0.3, 0.4) is 0 Å². The molecule has 0 bridgehead atoms. The average Bonchev–Trinajstić information content (AvgIpc) is 2.27. The molecular formula is C14H27NO2. The Morgan fingerprint density at radius 1 is 1.29 bits per heavy atom. The lowest BCUT2D eigenvalue weighted by molar-refractivity contribution is -0.157. The van der Waals surface area contributed by atoms with Crippen molar-refractivity contribution in [3.63, 3.8) is 0 Å². The van der Waals surface area contributed by atoms with Crippen molar-refractivity contribution < 1.29 is 9.53 Å². The maximum Gasteiger partial charge on any atom is 0.323 e. The van der Waals surface area contributed by atoms with Crippen molar-refractivity contribution in [3.05, 3.63) is 0 Å². The lowest BCUT2D eigenvalue weighted by Crippen LogP contribution is -2.40. The smallest absolute Gasteiger partial charge is 0.323 e. The Morgan fingerprint density at radius 3 is 2.47 bits per heavy atom. The molecule has 0 heterocycles. The van der Waals surface area contributed by atoms with Gasteiger partial charge >= 0.3 is 5.97 Å². The zero-order valence-electron chi connectivity index (χ0n) is 11.8. The van der Waals surface area contributed by atoms with Gasteiger partial charge in [-0.3, -0.25) is 4.79 Å². The molecule has 0 aliphatic heterocycles. The Labute approximate surface area is 105 Å². The van der Waals surface area contributed by atoms with Gasteiger partial charge in [0.1, 0.15) is 12.1 Å². The fraction of sp³-hybridized carbons (Fsp3) is 0.929. The number of nitrogens with one attached hydrogen (secondary N) is 1. The molecule has 0 aromatic heterocycles. The summed E-state index contributed by atoms with van der Waals surface area (Å²) in [7, 11) is 1.79. The monoisotopic (exact) mass is 241 g/mol. The molecule has 0 aromatic rings. The standard InChI is InChI=1S/C14H27NO2/c1-9(2)12-7-6-10(3)8-13(12)17-14(16)11(4)15-5/h9-13,15H,6-8H2,1-5H3. The predicted octanol–water partition coefficient (Wildman–Crippen LogP) is 2.60. The van der Waals surface area contributed by atoms with Gasteiger partial charge in [-0.1, -0.05) is 27.2 Å². The van der Waals surface area contributed by atoms with E-state index in [1.165, 1.54) is 12.8 Å². The summed E-state index contributed by atoms with van der Waals surface area (Å²) in [6, 6.07) is -0.208. The van der Waals surface area contributed by atoms with Gasteiger partial charge in [-0.25, -0.2) is 0 Å². The number of esters is 1. The minimum absolute atomic E-state index is 0.113. The number of carbonyl (C=O) groups is 1. The van der Waals surface area contributed by atoms with Crippen LogP contribution in [0.15, 0.2) is 0 Å². The molecule has 0 radical (unpaired) electrons. The first-order valence-corrected chi connectivity index (χ1v) is 6.83. The molecule has 1 aliphatic rings. The molecule has 17 heavy (non-hydrogen) atoms. The summed E-state index contributed by atoms with van der Waals surface area (Å²) in [5.74, 6) is 1.68. The van der Waals surface area contributed by atoms with Crippen LogP contribution in [0.1, 0.15) is 47.0 Å². The van der Waals surface area contributed by atoms with Crippen LogP contribution in [0.2, 0.25) is 0 Å². The minimum atomic E-state index is -0.208. The normalized spacial score (nSPS) is 31.3. The first-order valence-electron chi connectivity index (χ1n) is 6.83. The lowest BCUT2D eigenvalue weighted by Gasteiger charge is -2.37. The number of likely N-dealkylation sites (N-methyl/N-ethyl adjacent to an activating group) is 1. The van der Waals surface area contributed by atoms with Crippen LogP contribution in [0, 0.1) is 17.8 Å². The van der Waals surface area contributed by atoms with E-state index in [2.05, 4.69) is 26.1 Å². The molecule has 1 rings (SSSR count). The summed E-state index contributed by atoms with van der Waals surface area (Å²) in [6.07, 6.45) is 3.58. The van der Waals surface area contributed by atoms with Gasteiger partial charge < -0.3 is 10.1 Å². The first kappa shape index (κ1) is 14.5. The summed E-state index contributed by atoms with van der Waals surface area (Å²) in [5, 5.41) is 2.94. The molecule has 1 aliphatic carbocycles. The van der Waals surface area contributed by atoms with E-state index >= 15 is 0 Å².